The Morgan fingerprint density at radius 2 is 1.54 bits per heavy atom. The SMILES string of the molecule is Cc1cccc(N2CCN(C(=O)Cc3ccc(N4CCOCC4)cc3)CC2)c1. The smallest absolute Gasteiger partial charge is 0.227 e. The number of anilines is 2. The molecular weight excluding hydrogens is 350 g/mol. The van der Waals surface area contributed by atoms with Gasteiger partial charge in [0, 0.05) is 50.6 Å². The van der Waals surface area contributed by atoms with Crippen LogP contribution in [0.2, 0.25) is 0 Å². The maximum atomic E-state index is 12.7. The molecule has 2 aliphatic rings. The van der Waals surface area contributed by atoms with Crippen molar-refractivity contribution in [2.24, 2.45) is 0 Å². The first kappa shape index (κ1) is 18.8. The van der Waals surface area contributed by atoms with Crippen LogP contribution < -0.4 is 9.80 Å². The molecule has 0 saturated carbocycles. The molecule has 0 N–H and O–H groups in total. The summed E-state index contributed by atoms with van der Waals surface area (Å²) in [6.45, 7) is 8.93. The highest BCUT2D eigenvalue weighted by Crippen LogP contribution is 2.19. The van der Waals surface area contributed by atoms with Crippen molar-refractivity contribution in [2.75, 3.05) is 62.3 Å². The Hall–Kier alpha value is -2.53. The van der Waals surface area contributed by atoms with Crippen molar-refractivity contribution in [1.29, 1.82) is 0 Å². The molecule has 0 spiro atoms. The first-order valence-electron chi connectivity index (χ1n) is 10.2. The first-order chi connectivity index (χ1) is 13.7. The number of hydrogen-bond donors (Lipinski definition) is 0. The van der Waals surface area contributed by atoms with Gasteiger partial charge in [0.1, 0.15) is 0 Å². The highest BCUT2D eigenvalue weighted by atomic mass is 16.5. The van der Waals surface area contributed by atoms with E-state index in [2.05, 4.69) is 65.3 Å². The van der Waals surface area contributed by atoms with Gasteiger partial charge in [-0.15, -0.1) is 0 Å². The van der Waals surface area contributed by atoms with Gasteiger partial charge in [-0.2, -0.15) is 0 Å². The molecule has 28 heavy (non-hydrogen) atoms. The van der Waals surface area contributed by atoms with Crippen LogP contribution in [0.4, 0.5) is 11.4 Å². The maximum absolute atomic E-state index is 12.7. The predicted octanol–water partition coefficient (Wildman–Crippen LogP) is 2.72. The Balaban J connectivity index is 1.29. The van der Waals surface area contributed by atoms with Gasteiger partial charge in [0.05, 0.1) is 19.6 Å². The molecule has 2 aromatic carbocycles. The summed E-state index contributed by atoms with van der Waals surface area (Å²) in [6, 6.07) is 17.0. The molecule has 0 aliphatic carbocycles. The molecule has 4 rings (SSSR count). The van der Waals surface area contributed by atoms with Crippen LogP contribution in [-0.4, -0.2) is 63.3 Å². The molecule has 5 nitrogen and oxygen atoms in total. The van der Waals surface area contributed by atoms with E-state index >= 15 is 0 Å². The second kappa shape index (κ2) is 8.65. The lowest BCUT2D eigenvalue weighted by Crippen LogP contribution is -2.49. The summed E-state index contributed by atoms with van der Waals surface area (Å²) in [5, 5.41) is 0. The van der Waals surface area contributed by atoms with Crippen molar-refractivity contribution < 1.29 is 9.53 Å². The Morgan fingerprint density at radius 1 is 0.857 bits per heavy atom. The molecule has 2 fully saturated rings. The highest BCUT2D eigenvalue weighted by Gasteiger charge is 2.21. The van der Waals surface area contributed by atoms with E-state index in [1.807, 2.05) is 4.90 Å². The fourth-order valence-electron chi connectivity index (χ4n) is 3.97. The summed E-state index contributed by atoms with van der Waals surface area (Å²) in [4.78, 5) is 19.4. The molecule has 0 unspecified atom stereocenters. The predicted molar refractivity (Wildman–Crippen MR) is 113 cm³/mol. The summed E-state index contributed by atoms with van der Waals surface area (Å²) < 4.78 is 5.41. The van der Waals surface area contributed by atoms with Crippen LogP contribution in [0.3, 0.4) is 0 Å². The zero-order chi connectivity index (χ0) is 19.3. The van der Waals surface area contributed by atoms with E-state index in [0.717, 1.165) is 58.0 Å². The van der Waals surface area contributed by atoms with Crippen LogP contribution in [-0.2, 0) is 16.0 Å². The van der Waals surface area contributed by atoms with Gasteiger partial charge in [-0.1, -0.05) is 24.3 Å². The third-order valence-electron chi connectivity index (χ3n) is 5.67. The fraction of sp³-hybridized carbons (Fsp3) is 0.435. The lowest BCUT2D eigenvalue weighted by atomic mass is 10.1. The molecule has 1 amide bonds. The molecule has 0 bridgehead atoms. The van der Waals surface area contributed by atoms with Crippen molar-refractivity contribution in [1.82, 2.24) is 4.90 Å². The zero-order valence-electron chi connectivity index (χ0n) is 16.6. The number of amides is 1. The molecular formula is C23H29N3O2. The van der Waals surface area contributed by atoms with Gasteiger partial charge in [-0.25, -0.2) is 0 Å². The van der Waals surface area contributed by atoms with Crippen LogP contribution in [0.15, 0.2) is 48.5 Å². The van der Waals surface area contributed by atoms with Crippen molar-refractivity contribution in [2.45, 2.75) is 13.3 Å². The number of hydrogen-bond acceptors (Lipinski definition) is 4. The second-order valence-corrected chi connectivity index (χ2v) is 7.65. The average Bonchev–Trinajstić information content (AvgIpc) is 2.75. The number of morpholine rings is 1. The largest absolute Gasteiger partial charge is 0.378 e. The minimum atomic E-state index is 0.225. The average molecular weight is 380 g/mol. The third kappa shape index (κ3) is 4.47. The van der Waals surface area contributed by atoms with Crippen LogP contribution >= 0.6 is 0 Å². The third-order valence-corrected chi connectivity index (χ3v) is 5.67. The Morgan fingerprint density at radius 3 is 2.21 bits per heavy atom. The summed E-state index contributed by atoms with van der Waals surface area (Å²) in [7, 11) is 0. The second-order valence-electron chi connectivity index (χ2n) is 7.65. The van der Waals surface area contributed by atoms with Crippen molar-refractivity contribution in [3.05, 3.63) is 59.7 Å². The van der Waals surface area contributed by atoms with E-state index in [9.17, 15) is 4.79 Å². The number of carbonyl (C=O) groups is 1. The monoisotopic (exact) mass is 379 g/mol. The number of piperazine rings is 1. The van der Waals surface area contributed by atoms with Crippen LogP contribution in [0, 0.1) is 6.92 Å². The van der Waals surface area contributed by atoms with E-state index in [0.29, 0.717) is 6.42 Å². The van der Waals surface area contributed by atoms with Crippen molar-refractivity contribution >= 4 is 17.3 Å². The number of carbonyl (C=O) groups excluding carboxylic acids is 1. The van der Waals surface area contributed by atoms with Gasteiger partial charge in [-0.05, 0) is 42.3 Å². The van der Waals surface area contributed by atoms with E-state index in [4.69, 9.17) is 4.74 Å². The Labute approximate surface area is 167 Å². The number of ether oxygens (including phenoxy) is 1. The van der Waals surface area contributed by atoms with Gasteiger partial charge < -0.3 is 19.4 Å². The van der Waals surface area contributed by atoms with Crippen molar-refractivity contribution in [3.63, 3.8) is 0 Å². The highest BCUT2D eigenvalue weighted by molar-refractivity contribution is 5.79. The van der Waals surface area contributed by atoms with E-state index in [-0.39, 0.29) is 5.91 Å². The molecule has 2 aliphatic heterocycles. The summed E-state index contributed by atoms with van der Waals surface area (Å²) in [6.07, 6.45) is 0.480. The first-order valence-corrected chi connectivity index (χ1v) is 10.2. The fourth-order valence-corrected chi connectivity index (χ4v) is 3.97. The molecule has 0 atom stereocenters. The summed E-state index contributed by atoms with van der Waals surface area (Å²) >= 11 is 0. The van der Waals surface area contributed by atoms with Crippen LogP contribution in [0.1, 0.15) is 11.1 Å². The molecule has 0 radical (unpaired) electrons. The minimum absolute atomic E-state index is 0.225. The minimum Gasteiger partial charge on any atom is -0.378 e. The van der Waals surface area contributed by atoms with Crippen LogP contribution in [0.5, 0.6) is 0 Å². The summed E-state index contributed by atoms with van der Waals surface area (Å²) in [5.74, 6) is 0.225. The standard InChI is InChI=1S/C23H29N3O2/c1-19-3-2-4-22(17-19)24-9-11-26(12-10-24)23(27)18-20-5-7-21(8-6-20)25-13-15-28-16-14-25/h2-8,17H,9-16,18H2,1H3. The number of rotatable bonds is 4. The molecule has 148 valence electrons. The molecule has 2 aromatic rings. The molecule has 5 heteroatoms. The number of aryl methyl sites for hydroxylation is 1. The topological polar surface area (TPSA) is 36.0 Å². The number of nitrogens with zero attached hydrogens (tertiary/aromatic N) is 3. The molecule has 2 saturated heterocycles. The zero-order valence-corrected chi connectivity index (χ0v) is 16.6. The summed E-state index contributed by atoms with van der Waals surface area (Å²) in [5.41, 5.74) is 4.83. The van der Waals surface area contributed by atoms with Gasteiger partial charge in [0.2, 0.25) is 5.91 Å². The van der Waals surface area contributed by atoms with Crippen LogP contribution in [0.25, 0.3) is 0 Å². The number of benzene rings is 2. The lowest BCUT2D eigenvalue weighted by molar-refractivity contribution is -0.130. The van der Waals surface area contributed by atoms with Gasteiger partial charge in [-0.3, -0.25) is 4.79 Å². The molecule has 0 aromatic heterocycles. The Kier molecular flexibility index (Phi) is 5.81. The van der Waals surface area contributed by atoms with Gasteiger partial charge in [0.25, 0.3) is 0 Å². The molecule has 2 heterocycles. The van der Waals surface area contributed by atoms with Gasteiger partial charge in [0.15, 0.2) is 0 Å². The maximum Gasteiger partial charge on any atom is 0.227 e. The lowest BCUT2D eigenvalue weighted by Gasteiger charge is -2.36. The normalized spacial score (nSPS) is 17.7. The Bertz CT molecular complexity index is 792. The quantitative estimate of drug-likeness (QED) is 0.818. The van der Waals surface area contributed by atoms with E-state index in [1.54, 1.807) is 0 Å². The van der Waals surface area contributed by atoms with Crippen molar-refractivity contribution in [3.8, 4) is 0 Å². The van der Waals surface area contributed by atoms with E-state index in [1.165, 1.54) is 16.9 Å². The van der Waals surface area contributed by atoms with Gasteiger partial charge >= 0.3 is 0 Å². The van der Waals surface area contributed by atoms with E-state index < -0.39 is 0 Å².